The number of hydrogen-bond acceptors (Lipinski definition) is 9. The zero-order valence-electron chi connectivity index (χ0n) is 18.0. The molecule has 0 amide bonds. The van der Waals surface area contributed by atoms with Crippen LogP contribution in [0.3, 0.4) is 0 Å². The Hall–Kier alpha value is -3.18. The van der Waals surface area contributed by atoms with Gasteiger partial charge in [-0.2, -0.15) is 8.78 Å². The van der Waals surface area contributed by atoms with Crippen molar-refractivity contribution in [3.63, 3.8) is 0 Å². The van der Waals surface area contributed by atoms with Crippen molar-refractivity contribution in [1.29, 1.82) is 0 Å². The Labute approximate surface area is 217 Å². The van der Waals surface area contributed by atoms with E-state index in [0.717, 1.165) is 12.1 Å². The molecule has 0 bridgehead atoms. The topological polar surface area (TPSA) is 140 Å². The molecule has 1 aromatic heterocycles. The molecule has 1 atom stereocenters. The van der Waals surface area contributed by atoms with Gasteiger partial charge in [0.05, 0.1) is 15.7 Å². The van der Waals surface area contributed by atoms with E-state index in [0.29, 0.717) is 5.39 Å². The predicted molar refractivity (Wildman–Crippen MR) is 127 cm³/mol. The molecule has 1 heterocycles. The highest BCUT2D eigenvalue weighted by molar-refractivity contribution is 14.1. The maximum absolute atomic E-state index is 14.0. The number of benzene rings is 3. The lowest BCUT2D eigenvalue weighted by Gasteiger charge is -2.23. The first kappa shape index (κ1) is 26.9. The van der Waals surface area contributed by atoms with Crippen LogP contribution in [0, 0.1) is 9.39 Å². The number of fused-ring (bicyclic) bond motifs is 3. The van der Waals surface area contributed by atoms with Crippen LogP contribution in [0.4, 0.5) is 17.6 Å². The minimum atomic E-state index is -6.26. The van der Waals surface area contributed by atoms with E-state index in [-0.39, 0.29) is 36.9 Å². The van der Waals surface area contributed by atoms with Crippen LogP contribution in [0.1, 0.15) is 16.8 Å². The standard InChI is InChI=1S/C22H13F4IO9S/c23-11-7-14(27)19-17(8-11)34-16-9-13-10(6-15(16)35-21(29)36-19)2-1-3-12(13)20(28)33-5-4-18(24)22(25,26)37(30,31)32/h1-3,6-9,18H,4-5H2,(H,30,31,32)/p-1. The molecule has 37 heavy (non-hydrogen) atoms. The van der Waals surface area contributed by atoms with Gasteiger partial charge in [-0.25, -0.2) is 26.8 Å². The van der Waals surface area contributed by atoms with Crippen molar-refractivity contribution in [2.75, 3.05) is 6.61 Å². The van der Waals surface area contributed by atoms with E-state index in [1.807, 2.05) is 0 Å². The number of rotatable bonds is 6. The summed E-state index contributed by atoms with van der Waals surface area (Å²) >= 11 is 1.72. The van der Waals surface area contributed by atoms with Crippen molar-refractivity contribution in [3.8, 4) is 0 Å². The molecule has 9 nitrogen and oxygen atoms in total. The van der Waals surface area contributed by atoms with Crippen LogP contribution in [0.25, 0.3) is 33.1 Å². The van der Waals surface area contributed by atoms with E-state index in [9.17, 15) is 40.1 Å². The largest absolute Gasteiger partial charge is 0.743 e. The summed E-state index contributed by atoms with van der Waals surface area (Å²) in [6.07, 6.45) is -4.66. The second kappa shape index (κ2) is 9.94. The second-order valence-electron chi connectivity index (χ2n) is 7.50. The van der Waals surface area contributed by atoms with Gasteiger partial charge in [0.25, 0.3) is 0 Å². The molecule has 0 aliphatic heterocycles. The van der Waals surface area contributed by atoms with Crippen LogP contribution in [-0.4, -0.2) is 37.0 Å². The lowest BCUT2D eigenvalue weighted by Crippen LogP contribution is -2.39. The van der Waals surface area contributed by atoms with Crippen LogP contribution in [-0.2, 0) is 14.9 Å². The average molecular weight is 655 g/mol. The number of halogens is 5. The maximum Gasteiger partial charge on any atom is 0.519 e. The molecule has 0 saturated heterocycles. The number of carbonyl (C=O) groups is 1. The van der Waals surface area contributed by atoms with Gasteiger partial charge in [0.2, 0.25) is 0 Å². The normalized spacial score (nSPS) is 13.1. The van der Waals surface area contributed by atoms with Gasteiger partial charge < -0.3 is 22.5 Å². The second-order valence-corrected chi connectivity index (χ2v) is 10.1. The Balaban J connectivity index is 1.74. The fourth-order valence-corrected chi connectivity index (χ4v) is 4.41. The summed E-state index contributed by atoms with van der Waals surface area (Å²) in [6.45, 7) is -0.969. The SMILES string of the molecule is O=C(OCCC(F)C(F)(F)S(=O)(=O)[O-])c1cccc2cc3oc(=O)oc4c(I)cc(F)cc4oc3cc12. The fraction of sp³-hybridized carbons (Fsp3) is 0.182. The Bertz CT molecular complexity index is 1760. The Morgan fingerprint density at radius 3 is 2.49 bits per heavy atom. The highest BCUT2D eigenvalue weighted by atomic mass is 127. The summed E-state index contributed by atoms with van der Waals surface area (Å²) in [5.41, 5.74) is -0.653. The molecule has 0 aliphatic carbocycles. The van der Waals surface area contributed by atoms with E-state index in [4.69, 9.17) is 18.0 Å². The number of hydrogen-bond donors (Lipinski definition) is 0. The Morgan fingerprint density at radius 1 is 1.08 bits per heavy atom. The zero-order chi connectivity index (χ0) is 27.1. The van der Waals surface area contributed by atoms with E-state index < -0.39 is 52.2 Å². The van der Waals surface area contributed by atoms with Crippen molar-refractivity contribution in [3.05, 3.63) is 68.0 Å². The number of carbonyl (C=O) groups excluding carboxylic acids is 1. The number of esters is 1. The monoisotopic (exact) mass is 655 g/mol. The average Bonchev–Trinajstić information content (AvgIpc) is 2.79. The van der Waals surface area contributed by atoms with Crippen LogP contribution in [0.2, 0.25) is 0 Å². The zero-order valence-corrected chi connectivity index (χ0v) is 21.0. The van der Waals surface area contributed by atoms with E-state index >= 15 is 0 Å². The van der Waals surface area contributed by atoms with Crippen molar-refractivity contribution >= 4 is 71.8 Å². The summed E-state index contributed by atoms with van der Waals surface area (Å²) in [6, 6.07) is 8.87. The van der Waals surface area contributed by atoms with Crippen LogP contribution >= 0.6 is 22.6 Å². The third kappa shape index (κ3) is 5.42. The lowest BCUT2D eigenvalue weighted by atomic mass is 10.0. The van der Waals surface area contributed by atoms with Gasteiger partial charge in [0.15, 0.2) is 38.6 Å². The first-order valence-electron chi connectivity index (χ1n) is 10.1. The maximum atomic E-state index is 14.0. The summed E-state index contributed by atoms with van der Waals surface area (Å²) in [7, 11) is -6.26. The highest BCUT2D eigenvalue weighted by Gasteiger charge is 2.47. The van der Waals surface area contributed by atoms with Gasteiger partial charge >= 0.3 is 17.0 Å². The van der Waals surface area contributed by atoms with E-state index in [1.165, 1.54) is 30.3 Å². The summed E-state index contributed by atoms with van der Waals surface area (Å²) in [5, 5.41) is -4.70. The molecule has 0 N–H and O–H groups in total. The molecular formula is C22H12F4IO9S-. The van der Waals surface area contributed by atoms with Gasteiger partial charge in [-0.3, -0.25) is 0 Å². The first-order chi connectivity index (χ1) is 17.3. The molecule has 3 aromatic carbocycles. The third-order valence-electron chi connectivity index (χ3n) is 5.04. The number of alkyl halides is 3. The predicted octanol–water partition coefficient (Wildman–Crippen LogP) is 5.18. The van der Waals surface area contributed by atoms with Gasteiger partial charge in [0, 0.05) is 17.9 Å². The molecule has 1 unspecified atom stereocenters. The molecule has 0 aliphatic rings. The minimum Gasteiger partial charge on any atom is -0.743 e. The molecular weight excluding hydrogens is 643 g/mol. The van der Waals surface area contributed by atoms with Crippen molar-refractivity contribution in [1.82, 2.24) is 0 Å². The van der Waals surface area contributed by atoms with Crippen LogP contribution < -0.4 is 5.82 Å². The van der Waals surface area contributed by atoms with Crippen LogP contribution in [0.5, 0.6) is 0 Å². The molecule has 4 aromatic rings. The van der Waals surface area contributed by atoms with E-state index in [2.05, 4.69) is 0 Å². The van der Waals surface area contributed by atoms with Gasteiger partial charge in [-0.05, 0) is 52.2 Å². The quantitative estimate of drug-likeness (QED) is 0.119. The van der Waals surface area contributed by atoms with Gasteiger partial charge in [0.1, 0.15) is 5.82 Å². The Morgan fingerprint density at radius 2 is 1.78 bits per heavy atom. The number of ether oxygens (including phenoxy) is 1. The Kier molecular flexibility index (Phi) is 7.22. The van der Waals surface area contributed by atoms with Gasteiger partial charge in [-0.1, -0.05) is 12.1 Å². The van der Waals surface area contributed by atoms with Crippen molar-refractivity contribution in [2.45, 2.75) is 17.8 Å². The molecule has 15 heteroatoms. The van der Waals surface area contributed by atoms with Crippen LogP contribution in [0.15, 0.2) is 60.5 Å². The molecule has 0 saturated carbocycles. The van der Waals surface area contributed by atoms with Crippen molar-refractivity contribution < 1.29 is 53.3 Å². The molecule has 0 radical (unpaired) electrons. The van der Waals surface area contributed by atoms with Crippen molar-refractivity contribution in [2.24, 2.45) is 0 Å². The first-order valence-corrected chi connectivity index (χ1v) is 12.5. The summed E-state index contributed by atoms with van der Waals surface area (Å²) in [4.78, 5) is 24.8. The summed E-state index contributed by atoms with van der Waals surface area (Å²) < 4.78 is 107. The summed E-state index contributed by atoms with van der Waals surface area (Å²) in [5.74, 6) is -2.92. The highest BCUT2D eigenvalue weighted by Crippen LogP contribution is 2.30. The van der Waals surface area contributed by atoms with Gasteiger partial charge in [-0.15, -0.1) is 0 Å². The minimum absolute atomic E-state index is 0.108. The third-order valence-corrected chi connectivity index (χ3v) is 6.76. The lowest BCUT2D eigenvalue weighted by molar-refractivity contribution is -0.0169. The molecule has 0 fully saturated rings. The fourth-order valence-electron chi connectivity index (χ4n) is 3.30. The molecule has 196 valence electrons. The molecule has 4 rings (SSSR count). The smallest absolute Gasteiger partial charge is 0.519 e. The molecule has 0 spiro atoms. The van der Waals surface area contributed by atoms with E-state index in [1.54, 1.807) is 22.6 Å².